The van der Waals surface area contributed by atoms with E-state index in [1.165, 1.54) is 29.2 Å². The molecule has 0 saturated heterocycles. The molecule has 0 fully saturated rings. The number of carbonyl (C=O) groups excluding carboxylic acids is 2. The van der Waals surface area contributed by atoms with E-state index < -0.39 is 11.5 Å². The molecular formula is C26H29N3O4. The Morgan fingerprint density at radius 3 is 2.73 bits per heavy atom. The zero-order chi connectivity index (χ0) is 23.4. The minimum Gasteiger partial charge on any atom is -0.456 e. The van der Waals surface area contributed by atoms with E-state index in [0.717, 1.165) is 37.2 Å². The lowest BCUT2D eigenvalue weighted by molar-refractivity contribution is -0.143. The number of ketones is 1. The van der Waals surface area contributed by atoms with Gasteiger partial charge in [-0.15, -0.1) is 0 Å². The van der Waals surface area contributed by atoms with Crippen molar-refractivity contribution in [3.05, 3.63) is 75.5 Å². The lowest BCUT2D eigenvalue weighted by Crippen LogP contribution is -2.27. The Balaban J connectivity index is 1.39. The number of Topliss-reactive ketones (excluding diaryl/α,β-unsaturated/α-hetero) is 1. The summed E-state index contributed by atoms with van der Waals surface area (Å²) in [6, 6.07) is 8.93. The van der Waals surface area contributed by atoms with E-state index in [2.05, 4.69) is 15.6 Å². The van der Waals surface area contributed by atoms with Crippen molar-refractivity contribution in [1.82, 2.24) is 14.1 Å². The van der Waals surface area contributed by atoms with E-state index in [0.29, 0.717) is 16.6 Å². The van der Waals surface area contributed by atoms with Gasteiger partial charge in [-0.05, 0) is 64.2 Å². The normalized spacial score (nSPS) is 13.7. The highest BCUT2D eigenvalue weighted by Gasteiger charge is 2.18. The monoisotopic (exact) mass is 447 g/mol. The molecule has 33 heavy (non-hydrogen) atoms. The first-order chi connectivity index (χ1) is 15.9. The first kappa shape index (κ1) is 22.7. The van der Waals surface area contributed by atoms with Gasteiger partial charge in [0.1, 0.15) is 6.54 Å². The fourth-order valence-corrected chi connectivity index (χ4v) is 4.49. The largest absolute Gasteiger partial charge is 0.456 e. The Hall–Kier alpha value is -3.48. The summed E-state index contributed by atoms with van der Waals surface area (Å²) in [4.78, 5) is 41.5. The van der Waals surface area contributed by atoms with Crippen LogP contribution in [0.2, 0.25) is 0 Å². The number of para-hydroxylation sites is 2. The minimum absolute atomic E-state index is 0.244. The molecule has 7 heteroatoms. The summed E-state index contributed by atoms with van der Waals surface area (Å²) in [6.07, 6.45) is 9.38. The molecule has 0 bridgehead atoms. The maximum Gasteiger partial charge on any atom is 0.326 e. The van der Waals surface area contributed by atoms with E-state index in [1.54, 1.807) is 18.2 Å². The van der Waals surface area contributed by atoms with Gasteiger partial charge >= 0.3 is 5.97 Å². The summed E-state index contributed by atoms with van der Waals surface area (Å²) in [5, 5.41) is 0. The van der Waals surface area contributed by atoms with Crippen LogP contribution in [0.5, 0.6) is 0 Å². The molecule has 3 aromatic rings. The van der Waals surface area contributed by atoms with Crippen LogP contribution in [0.1, 0.15) is 53.8 Å². The zero-order valence-corrected chi connectivity index (χ0v) is 19.2. The van der Waals surface area contributed by atoms with Crippen LogP contribution in [0.25, 0.3) is 11.0 Å². The third-order valence-electron chi connectivity index (χ3n) is 6.32. The predicted molar refractivity (Wildman–Crippen MR) is 126 cm³/mol. The van der Waals surface area contributed by atoms with Gasteiger partial charge in [-0.1, -0.05) is 23.8 Å². The van der Waals surface area contributed by atoms with Gasteiger partial charge in [0.2, 0.25) is 5.78 Å². The van der Waals surface area contributed by atoms with Crippen molar-refractivity contribution in [3.63, 3.8) is 0 Å². The second-order valence-corrected chi connectivity index (χ2v) is 8.55. The Morgan fingerprint density at radius 2 is 1.94 bits per heavy atom. The molecule has 0 amide bonds. The highest BCUT2D eigenvalue weighted by molar-refractivity contribution is 5.99. The van der Waals surface area contributed by atoms with Gasteiger partial charge in [0.05, 0.1) is 17.2 Å². The van der Waals surface area contributed by atoms with Crippen LogP contribution >= 0.6 is 0 Å². The Kier molecular flexibility index (Phi) is 6.87. The molecular weight excluding hydrogens is 418 g/mol. The molecule has 1 aliphatic carbocycles. The second kappa shape index (κ2) is 9.98. The van der Waals surface area contributed by atoms with Crippen molar-refractivity contribution in [1.29, 1.82) is 0 Å². The van der Waals surface area contributed by atoms with E-state index >= 15 is 0 Å². The first-order valence-electron chi connectivity index (χ1n) is 11.4. The fourth-order valence-electron chi connectivity index (χ4n) is 4.49. The average Bonchev–Trinajstić information content (AvgIpc) is 3.12. The number of allylic oxidation sites excluding steroid dienone is 2. The summed E-state index contributed by atoms with van der Waals surface area (Å²) < 4.78 is 8.70. The predicted octanol–water partition coefficient (Wildman–Crippen LogP) is 4.13. The standard InChI is InChI=1S/C26H29N3O4/c1-18-14-21(19(2)28(18)13-12-20-8-4-3-5-9-20)24(30)17-33-26(32)16-29-23-11-7-6-10-22(23)27-15-25(29)31/h6-8,10-11,14-15H,3-5,9,12-13,16-17H2,1-2H3. The smallest absolute Gasteiger partial charge is 0.326 e. The van der Waals surface area contributed by atoms with Crippen LogP contribution in [0, 0.1) is 13.8 Å². The number of aromatic nitrogens is 3. The van der Waals surface area contributed by atoms with Crippen LogP contribution in [0.4, 0.5) is 0 Å². The topological polar surface area (TPSA) is 83.2 Å². The number of ether oxygens (including phenoxy) is 1. The van der Waals surface area contributed by atoms with Crippen LogP contribution in [0.3, 0.4) is 0 Å². The van der Waals surface area contributed by atoms with E-state index in [9.17, 15) is 14.4 Å². The molecule has 0 atom stereocenters. The highest BCUT2D eigenvalue weighted by Crippen LogP contribution is 2.23. The maximum atomic E-state index is 12.8. The molecule has 0 N–H and O–H groups in total. The molecule has 0 saturated carbocycles. The van der Waals surface area contributed by atoms with Crippen LogP contribution < -0.4 is 5.56 Å². The second-order valence-electron chi connectivity index (χ2n) is 8.55. The van der Waals surface area contributed by atoms with Crippen LogP contribution in [-0.4, -0.2) is 32.5 Å². The number of hydrogen-bond donors (Lipinski definition) is 0. The van der Waals surface area contributed by atoms with Crippen LogP contribution in [-0.2, 0) is 22.6 Å². The number of nitrogens with zero attached hydrogens (tertiary/aromatic N) is 3. The summed E-state index contributed by atoms with van der Waals surface area (Å²) in [5.41, 5.74) is 4.74. The van der Waals surface area contributed by atoms with Crippen molar-refractivity contribution in [2.45, 2.75) is 59.0 Å². The van der Waals surface area contributed by atoms with Gasteiger partial charge < -0.3 is 9.30 Å². The summed E-state index contributed by atoms with van der Waals surface area (Å²) in [6.45, 7) is 4.13. The molecule has 0 radical (unpaired) electrons. The van der Waals surface area contributed by atoms with E-state index in [4.69, 9.17) is 4.74 Å². The third-order valence-corrected chi connectivity index (χ3v) is 6.32. The van der Waals surface area contributed by atoms with Crippen molar-refractivity contribution in [2.75, 3.05) is 6.61 Å². The summed E-state index contributed by atoms with van der Waals surface area (Å²) >= 11 is 0. The SMILES string of the molecule is Cc1cc(C(=O)COC(=O)Cn2c(=O)cnc3ccccc32)c(C)n1CCC1=CCCCC1. The number of esters is 1. The summed E-state index contributed by atoms with van der Waals surface area (Å²) in [5.74, 6) is -0.883. The first-order valence-corrected chi connectivity index (χ1v) is 11.4. The molecule has 0 aliphatic heterocycles. The highest BCUT2D eigenvalue weighted by atomic mass is 16.5. The third kappa shape index (κ3) is 5.13. The molecule has 2 heterocycles. The van der Waals surface area contributed by atoms with Crippen molar-refractivity contribution in [2.24, 2.45) is 0 Å². The molecule has 1 aromatic carbocycles. The fraction of sp³-hybridized carbons (Fsp3) is 0.385. The molecule has 4 rings (SSSR count). The van der Waals surface area contributed by atoms with Gasteiger partial charge in [-0.2, -0.15) is 0 Å². The van der Waals surface area contributed by atoms with Gasteiger partial charge in [0.15, 0.2) is 6.61 Å². The van der Waals surface area contributed by atoms with Crippen molar-refractivity contribution in [3.8, 4) is 0 Å². The molecule has 7 nitrogen and oxygen atoms in total. The molecule has 172 valence electrons. The van der Waals surface area contributed by atoms with Gasteiger partial charge in [-0.25, -0.2) is 4.98 Å². The zero-order valence-electron chi connectivity index (χ0n) is 19.2. The number of benzene rings is 1. The van der Waals surface area contributed by atoms with Crippen molar-refractivity contribution >= 4 is 22.8 Å². The van der Waals surface area contributed by atoms with Gasteiger partial charge in [-0.3, -0.25) is 19.0 Å². The molecule has 0 unspecified atom stereocenters. The summed E-state index contributed by atoms with van der Waals surface area (Å²) in [7, 11) is 0. The van der Waals surface area contributed by atoms with Crippen molar-refractivity contribution < 1.29 is 14.3 Å². The maximum absolute atomic E-state index is 12.8. The Bertz CT molecular complexity index is 1280. The van der Waals surface area contributed by atoms with E-state index in [1.807, 2.05) is 26.0 Å². The number of aryl methyl sites for hydroxylation is 1. The Labute approximate surface area is 192 Å². The number of hydrogen-bond acceptors (Lipinski definition) is 5. The van der Waals surface area contributed by atoms with E-state index in [-0.39, 0.29) is 18.9 Å². The minimum atomic E-state index is -0.639. The van der Waals surface area contributed by atoms with Gasteiger partial charge in [0, 0.05) is 23.5 Å². The molecule has 0 spiro atoms. The lowest BCUT2D eigenvalue weighted by Gasteiger charge is -2.15. The number of fused-ring (bicyclic) bond motifs is 1. The lowest BCUT2D eigenvalue weighted by atomic mass is 9.97. The van der Waals surface area contributed by atoms with Gasteiger partial charge in [0.25, 0.3) is 5.56 Å². The quantitative estimate of drug-likeness (QED) is 0.295. The molecule has 1 aliphatic rings. The number of rotatable bonds is 8. The Morgan fingerprint density at radius 1 is 1.12 bits per heavy atom. The van der Waals surface area contributed by atoms with Crippen LogP contribution in [0.15, 0.2) is 53.0 Å². The molecule has 2 aromatic heterocycles. The number of carbonyl (C=O) groups is 2. The average molecular weight is 448 g/mol.